The van der Waals surface area contributed by atoms with Gasteiger partial charge in [0.05, 0.1) is 22.1 Å². The van der Waals surface area contributed by atoms with Gasteiger partial charge in [-0.05, 0) is 48.6 Å². The Hall–Kier alpha value is -3.08. The van der Waals surface area contributed by atoms with E-state index in [9.17, 15) is 0 Å². The van der Waals surface area contributed by atoms with Crippen LogP contribution in [0, 0.1) is 0 Å². The van der Waals surface area contributed by atoms with Gasteiger partial charge in [-0.3, -0.25) is 0 Å². The highest BCUT2D eigenvalue weighted by Crippen LogP contribution is 2.36. The first-order chi connectivity index (χ1) is 19.9. The van der Waals surface area contributed by atoms with E-state index in [-0.39, 0.29) is 0 Å². The van der Waals surface area contributed by atoms with E-state index in [0.717, 1.165) is 22.1 Å². The highest BCUT2D eigenvalue weighted by Gasteiger charge is 2.10. The molecule has 0 bridgehead atoms. The van der Waals surface area contributed by atoms with Gasteiger partial charge in [0.15, 0.2) is 0 Å². The predicted molar refractivity (Wildman–Crippen MR) is 177 cm³/mol. The van der Waals surface area contributed by atoms with Crippen LogP contribution in [0.1, 0.15) is 51.4 Å². The summed E-state index contributed by atoms with van der Waals surface area (Å²) in [4.78, 5) is 12.5. The molecule has 40 heavy (non-hydrogen) atoms. The molecule has 6 rings (SSSR count). The van der Waals surface area contributed by atoms with E-state index in [2.05, 4.69) is 97.1 Å². The van der Waals surface area contributed by atoms with E-state index in [1.807, 2.05) is 23.5 Å². The molecule has 0 unspecified atom stereocenters. The van der Waals surface area contributed by atoms with Gasteiger partial charge < -0.3 is 0 Å². The van der Waals surface area contributed by atoms with E-state index in [4.69, 9.17) is 9.97 Å². The molecule has 0 radical (unpaired) electrons. The summed E-state index contributed by atoms with van der Waals surface area (Å²) in [7, 11) is 0. The summed E-state index contributed by atoms with van der Waals surface area (Å²) in [5, 5.41) is 5.15. The van der Waals surface area contributed by atoms with Gasteiger partial charge in [0, 0.05) is 31.3 Å². The first kappa shape index (κ1) is 27.1. The van der Waals surface area contributed by atoms with Crippen molar-refractivity contribution >= 4 is 67.1 Å². The molecule has 0 N–H and O–H groups in total. The molecule has 2 heterocycles. The Bertz CT molecular complexity index is 1490. The van der Waals surface area contributed by atoms with Crippen LogP contribution in [0.15, 0.2) is 107 Å². The number of aromatic nitrogens is 2. The molecule has 4 aromatic carbocycles. The van der Waals surface area contributed by atoms with Crippen LogP contribution in [-0.4, -0.2) is 21.5 Å². The lowest BCUT2D eigenvalue weighted by Crippen LogP contribution is -1.89. The summed E-state index contributed by atoms with van der Waals surface area (Å²) in [6.45, 7) is 0. The second kappa shape index (κ2) is 13.5. The van der Waals surface area contributed by atoms with Crippen molar-refractivity contribution in [2.75, 3.05) is 11.5 Å². The maximum atomic E-state index is 4.87. The van der Waals surface area contributed by atoms with Gasteiger partial charge >= 0.3 is 0 Å². The van der Waals surface area contributed by atoms with Gasteiger partial charge in [-0.1, -0.05) is 111 Å². The number of unbranched alkanes of at least 4 members (excludes halogenated alkanes) is 7. The van der Waals surface area contributed by atoms with Crippen molar-refractivity contribution in [3.05, 3.63) is 97.1 Å². The molecule has 0 aliphatic heterocycles. The normalized spacial score (nSPS) is 11.7. The first-order valence-corrected chi connectivity index (χ1v) is 16.7. The average molecular weight is 561 g/mol. The number of thioether (sulfide) groups is 2. The maximum Gasteiger partial charge on any atom is 0.0721 e. The Morgan fingerprint density at radius 2 is 0.625 bits per heavy atom. The van der Waals surface area contributed by atoms with Gasteiger partial charge in [0.2, 0.25) is 0 Å². The summed E-state index contributed by atoms with van der Waals surface area (Å²) < 4.78 is 0. The standard InChI is InChI=1S/C36H36N2S2/c1(3-5-15-25-39-35-27-17-7-11-21-31(27)37-32-22-12-8-18-28(32)35)2-4-6-16-26-40-36-29-19-9-13-23-33(29)38-34-24-14-10-20-30(34)36/h7-14,17-24H,1-6,15-16,25-26H2. The third-order valence-corrected chi connectivity index (χ3v) is 10.1. The second-order valence-corrected chi connectivity index (χ2v) is 12.7. The van der Waals surface area contributed by atoms with Crippen molar-refractivity contribution in [3.63, 3.8) is 0 Å². The quantitative estimate of drug-likeness (QED) is 0.0797. The van der Waals surface area contributed by atoms with E-state index in [0.29, 0.717) is 0 Å². The Balaban J connectivity index is 0.899. The highest BCUT2D eigenvalue weighted by molar-refractivity contribution is 8.00. The highest BCUT2D eigenvalue weighted by atomic mass is 32.2. The Labute approximate surface area is 246 Å². The number of fused-ring (bicyclic) bond motifs is 4. The summed E-state index contributed by atoms with van der Waals surface area (Å²) in [5.41, 5.74) is 4.41. The van der Waals surface area contributed by atoms with Crippen LogP contribution >= 0.6 is 23.5 Å². The van der Waals surface area contributed by atoms with E-state index in [1.165, 1.54) is 94.2 Å². The molecule has 0 saturated heterocycles. The Kier molecular flexibility index (Phi) is 9.16. The third kappa shape index (κ3) is 6.29. The van der Waals surface area contributed by atoms with Gasteiger partial charge in [-0.2, -0.15) is 0 Å². The van der Waals surface area contributed by atoms with Crippen molar-refractivity contribution < 1.29 is 0 Å². The number of hydrogen-bond acceptors (Lipinski definition) is 4. The predicted octanol–water partition coefficient (Wildman–Crippen LogP) is 11.1. The van der Waals surface area contributed by atoms with Crippen molar-refractivity contribution in [1.82, 2.24) is 9.97 Å². The smallest absolute Gasteiger partial charge is 0.0721 e. The fraction of sp³-hybridized carbons (Fsp3) is 0.278. The summed E-state index contributed by atoms with van der Waals surface area (Å²) in [6.07, 6.45) is 10.6. The molecule has 6 aromatic rings. The average Bonchev–Trinajstić information content (AvgIpc) is 3.00. The largest absolute Gasteiger partial charge is 0.248 e. The lowest BCUT2D eigenvalue weighted by Gasteiger charge is -2.11. The number of nitrogens with zero attached hydrogens (tertiary/aromatic N) is 2. The zero-order chi connectivity index (χ0) is 27.0. The van der Waals surface area contributed by atoms with E-state index < -0.39 is 0 Å². The van der Waals surface area contributed by atoms with Gasteiger partial charge in [0.1, 0.15) is 0 Å². The lowest BCUT2D eigenvalue weighted by molar-refractivity contribution is 0.587. The van der Waals surface area contributed by atoms with Crippen LogP contribution in [-0.2, 0) is 0 Å². The molecule has 0 aliphatic carbocycles. The van der Waals surface area contributed by atoms with Crippen LogP contribution in [0.2, 0.25) is 0 Å². The molecule has 2 aromatic heterocycles. The molecular weight excluding hydrogens is 525 g/mol. The van der Waals surface area contributed by atoms with Gasteiger partial charge in [-0.25, -0.2) is 9.97 Å². The molecule has 0 atom stereocenters. The maximum absolute atomic E-state index is 4.87. The van der Waals surface area contributed by atoms with Gasteiger partial charge in [-0.15, -0.1) is 23.5 Å². The Morgan fingerprint density at radius 3 is 0.950 bits per heavy atom. The number of rotatable bonds is 13. The summed E-state index contributed by atoms with van der Waals surface area (Å²) in [6, 6.07) is 34.3. The molecule has 0 spiro atoms. The number of para-hydroxylation sites is 4. The minimum Gasteiger partial charge on any atom is -0.248 e. The number of pyridine rings is 2. The zero-order valence-electron chi connectivity index (χ0n) is 23.0. The molecule has 0 amide bonds. The van der Waals surface area contributed by atoms with Crippen molar-refractivity contribution in [3.8, 4) is 0 Å². The molecule has 0 saturated carbocycles. The molecule has 202 valence electrons. The lowest BCUT2D eigenvalue weighted by atomic mass is 10.1. The topological polar surface area (TPSA) is 25.8 Å². The SMILES string of the molecule is c1ccc2c(SCCCCCCCCCCSc3c4ccccc4nc4ccccc34)c3ccccc3nc2c1. The van der Waals surface area contributed by atoms with Crippen LogP contribution in [0.25, 0.3) is 43.6 Å². The second-order valence-electron chi connectivity index (χ2n) is 10.5. The summed E-state index contributed by atoms with van der Waals surface area (Å²) in [5.74, 6) is 2.35. The zero-order valence-corrected chi connectivity index (χ0v) is 24.7. The van der Waals surface area contributed by atoms with Crippen LogP contribution in [0.3, 0.4) is 0 Å². The number of benzene rings is 4. The van der Waals surface area contributed by atoms with Crippen molar-refractivity contribution in [1.29, 1.82) is 0 Å². The molecule has 2 nitrogen and oxygen atoms in total. The minimum absolute atomic E-state index is 1.10. The fourth-order valence-corrected chi connectivity index (χ4v) is 7.94. The van der Waals surface area contributed by atoms with Crippen LogP contribution in [0.5, 0.6) is 0 Å². The minimum atomic E-state index is 1.10. The van der Waals surface area contributed by atoms with Crippen LogP contribution < -0.4 is 0 Å². The van der Waals surface area contributed by atoms with Crippen LogP contribution in [0.4, 0.5) is 0 Å². The monoisotopic (exact) mass is 560 g/mol. The van der Waals surface area contributed by atoms with Gasteiger partial charge in [0.25, 0.3) is 0 Å². The fourth-order valence-electron chi connectivity index (χ4n) is 5.53. The molecule has 4 heteroatoms. The molecular formula is C36H36N2S2. The van der Waals surface area contributed by atoms with E-state index in [1.54, 1.807) is 0 Å². The van der Waals surface area contributed by atoms with Crippen molar-refractivity contribution in [2.24, 2.45) is 0 Å². The molecule has 0 aliphatic rings. The van der Waals surface area contributed by atoms with Crippen molar-refractivity contribution in [2.45, 2.75) is 61.2 Å². The Morgan fingerprint density at radius 1 is 0.350 bits per heavy atom. The first-order valence-electron chi connectivity index (χ1n) is 14.7. The summed E-state index contributed by atoms with van der Waals surface area (Å²) >= 11 is 4.02. The third-order valence-electron chi connectivity index (χ3n) is 7.61. The molecule has 0 fully saturated rings. The number of hydrogen-bond donors (Lipinski definition) is 0. The van der Waals surface area contributed by atoms with E-state index >= 15 is 0 Å².